The molecule has 0 spiro atoms. The van der Waals surface area contributed by atoms with E-state index in [4.69, 9.17) is 9.05 Å². The van der Waals surface area contributed by atoms with Crippen molar-refractivity contribution < 1.29 is 48.1 Å². The van der Waals surface area contributed by atoms with E-state index in [1.807, 2.05) is 0 Å². The average Bonchev–Trinajstić information content (AvgIpc) is 2.64. The predicted octanol–water partition coefficient (Wildman–Crippen LogP) is 4.55. The molecule has 0 radical (unpaired) electrons. The first-order chi connectivity index (χ1) is 13.1. The van der Waals surface area contributed by atoms with Gasteiger partial charge in [0.25, 0.3) is 7.82 Å². The van der Waals surface area contributed by atoms with Crippen LogP contribution in [0.2, 0.25) is 0 Å². The molecule has 0 aromatic carbocycles. The first-order valence-electron chi connectivity index (χ1n) is 11.7. The minimum absolute atomic E-state index is 0. The van der Waals surface area contributed by atoms with Crippen LogP contribution in [0.5, 0.6) is 0 Å². The summed E-state index contributed by atoms with van der Waals surface area (Å²) in [4.78, 5) is 11.7. The molecule has 0 aromatic heterocycles. The maximum atomic E-state index is 11.7. The summed E-state index contributed by atoms with van der Waals surface area (Å²) in [5, 5.41) is 0. The van der Waals surface area contributed by atoms with Crippen molar-refractivity contribution in [1.29, 1.82) is 0 Å². The topological polar surface area (TPSA) is 58.6 Å². The molecule has 164 valence electrons. The molecule has 0 saturated carbocycles. The normalized spacial score (nSPS) is 13.2. The molecule has 0 bridgehead atoms. The minimum atomic E-state index is -4.09. The van der Waals surface area contributed by atoms with Crippen molar-refractivity contribution in [3.05, 3.63) is 0 Å². The Bertz CT molecular complexity index is 342. The summed E-state index contributed by atoms with van der Waals surface area (Å²) in [6.45, 7) is 4.98. The van der Waals surface area contributed by atoms with E-state index in [2.05, 4.69) is 13.8 Å². The fourth-order valence-electron chi connectivity index (χ4n) is 3.22. The van der Waals surface area contributed by atoms with Crippen molar-refractivity contribution >= 4 is 7.82 Å². The average molecular weight is 429 g/mol. The number of rotatable bonds is 22. The van der Waals surface area contributed by atoms with Crippen molar-refractivity contribution in [3.8, 4) is 0 Å². The Hall–Kier alpha value is 1.11. The molecule has 6 heteroatoms. The molecule has 1 atom stereocenters. The van der Waals surface area contributed by atoms with E-state index in [0.29, 0.717) is 0 Å². The van der Waals surface area contributed by atoms with E-state index in [1.54, 1.807) is 0 Å². The Morgan fingerprint density at radius 2 is 0.786 bits per heavy atom. The van der Waals surface area contributed by atoms with Gasteiger partial charge >= 0.3 is 29.6 Å². The third kappa shape index (κ3) is 25.1. The summed E-state index contributed by atoms with van der Waals surface area (Å²) in [7, 11) is -4.09. The molecule has 0 aromatic rings. The van der Waals surface area contributed by atoms with E-state index in [0.717, 1.165) is 32.1 Å². The van der Waals surface area contributed by atoms with Crippen LogP contribution < -0.4 is 34.5 Å². The number of hydrogen-bond donors (Lipinski definition) is 0. The van der Waals surface area contributed by atoms with Crippen LogP contribution in [0.3, 0.4) is 0 Å². The Morgan fingerprint density at radius 1 is 0.536 bits per heavy atom. The molecule has 4 nitrogen and oxygen atoms in total. The zero-order chi connectivity index (χ0) is 20.1. The SMILES string of the molecule is CCCCCCCCCCCCOP(=O)([O-])OCCCCCCCCCC.[Na+]. The van der Waals surface area contributed by atoms with Gasteiger partial charge in [0, 0.05) is 0 Å². The molecule has 0 saturated heterocycles. The van der Waals surface area contributed by atoms with Crippen molar-refractivity contribution in [2.45, 2.75) is 129 Å². The molecular weight excluding hydrogens is 382 g/mol. The first-order valence-corrected chi connectivity index (χ1v) is 13.2. The van der Waals surface area contributed by atoms with E-state index in [-0.39, 0.29) is 42.8 Å². The fourth-order valence-corrected chi connectivity index (χ4v) is 4.00. The molecule has 0 aliphatic carbocycles. The van der Waals surface area contributed by atoms with Gasteiger partial charge in [-0.2, -0.15) is 0 Å². The van der Waals surface area contributed by atoms with E-state index >= 15 is 0 Å². The van der Waals surface area contributed by atoms with Crippen LogP contribution in [-0.2, 0) is 13.6 Å². The monoisotopic (exact) mass is 428 g/mol. The van der Waals surface area contributed by atoms with Crippen LogP contribution >= 0.6 is 7.82 Å². The zero-order valence-electron chi connectivity index (χ0n) is 19.2. The quantitative estimate of drug-likeness (QED) is 0.144. The van der Waals surface area contributed by atoms with Gasteiger partial charge in [0.2, 0.25) is 0 Å². The second kappa shape index (κ2) is 24.4. The molecule has 0 amide bonds. The van der Waals surface area contributed by atoms with Gasteiger partial charge in [-0.15, -0.1) is 0 Å². The first kappa shape index (κ1) is 31.3. The summed E-state index contributed by atoms with van der Waals surface area (Å²) < 4.78 is 21.6. The van der Waals surface area contributed by atoms with Gasteiger partial charge in [-0.25, -0.2) is 0 Å². The van der Waals surface area contributed by atoms with Crippen molar-refractivity contribution in [1.82, 2.24) is 0 Å². The van der Waals surface area contributed by atoms with Crippen LogP contribution in [0.1, 0.15) is 129 Å². The summed E-state index contributed by atoms with van der Waals surface area (Å²) >= 11 is 0. The largest absolute Gasteiger partial charge is 1.00 e. The Labute approximate surface area is 197 Å². The van der Waals surface area contributed by atoms with Gasteiger partial charge in [-0.3, -0.25) is 4.57 Å². The van der Waals surface area contributed by atoms with Crippen LogP contribution in [0.25, 0.3) is 0 Å². The van der Waals surface area contributed by atoms with Crippen molar-refractivity contribution in [2.75, 3.05) is 13.2 Å². The van der Waals surface area contributed by atoms with Gasteiger partial charge in [0.1, 0.15) is 0 Å². The number of phosphoric ester groups is 1. The standard InChI is InChI=1S/C22H47O4P.Na/c1-3-5-7-9-11-13-14-16-18-20-22-26-27(23,24)25-21-19-17-15-12-10-8-6-4-2;/h3-22H2,1-2H3,(H,23,24);/q;+1/p-1. The van der Waals surface area contributed by atoms with E-state index in [9.17, 15) is 9.46 Å². The van der Waals surface area contributed by atoms with Crippen LogP contribution in [0.15, 0.2) is 0 Å². The molecule has 0 aliphatic rings. The minimum Gasteiger partial charge on any atom is -0.756 e. The second-order valence-corrected chi connectivity index (χ2v) is 9.18. The van der Waals surface area contributed by atoms with Gasteiger partial charge < -0.3 is 13.9 Å². The maximum absolute atomic E-state index is 11.7. The van der Waals surface area contributed by atoms with E-state index < -0.39 is 7.82 Å². The maximum Gasteiger partial charge on any atom is 1.00 e. The fraction of sp³-hybridized carbons (Fsp3) is 1.00. The third-order valence-electron chi connectivity index (χ3n) is 4.99. The summed E-state index contributed by atoms with van der Waals surface area (Å²) in [5.74, 6) is 0. The molecule has 28 heavy (non-hydrogen) atoms. The smallest absolute Gasteiger partial charge is 0.756 e. The number of hydrogen-bond acceptors (Lipinski definition) is 4. The summed E-state index contributed by atoms with van der Waals surface area (Å²) in [6, 6.07) is 0. The van der Waals surface area contributed by atoms with Gasteiger partial charge in [-0.05, 0) is 12.8 Å². The van der Waals surface area contributed by atoms with E-state index in [1.165, 1.54) is 83.5 Å². The van der Waals surface area contributed by atoms with Crippen LogP contribution in [-0.4, -0.2) is 13.2 Å². The Balaban J connectivity index is 0. The predicted molar refractivity (Wildman–Crippen MR) is 114 cm³/mol. The van der Waals surface area contributed by atoms with Crippen LogP contribution in [0, 0.1) is 0 Å². The molecule has 0 fully saturated rings. The van der Waals surface area contributed by atoms with Gasteiger partial charge in [-0.1, -0.05) is 117 Å². The molecule has 0 aliphatic heterocycles. The second-order valence-electron chi connectivity index (χ2n) is 7.77. The van der Waals surface area contributed by atoms with Crippen molar-refractivity contribution in [3.63, 3.8) is 0 Å². The van der Waals surface area contributed by atoms with Gasteiger partial charge in [0.15, 0.2) is 0 Å². The Kier molecular flexibility index (Phi) is 27.3. The van der Waals surface area contributed by atoms with Gasteiger partial charge in [0.05, 0.1) is 13.2 Å². The van der Waals surface area contributed by atoms with Crippen molar-refractivity contribution in [2.24, 2.45) is 0 Å². The number of unbranched alkanes of at least 4 members (excludes halogenated alkanes) is 16. The molecule has 0 N–H and O–H groups in total. The molecular formula is C22H46NaO4P. The summed E-state index contributed by atoms with van der Waals surface area (Å²) in [5.41, 5.74) is 0. The Morgan fingerprint density at radius 3 is 1.07 bits per heavy atom. The molecule has 0 heterocycles. The molecule has 1 unspecified atom stereocenters. The van der Waals surface area contributed by atoms with Crippen LogP contribution in [0.4, 0.5) is 0 Å². The third-order valence-corrected chi connectivity index (χ3v) is 5.99. The summed E-state index contributed by atoms with van der Waals surface area (Å²) in [6.07, 6.45) is 21.7. The molecule has 0 rings (SSSR count). The number of phosphoric acid groups is 1. The zero-order valence-corrected chi connectivity index (χ0v) is 22.1.